The van der Waals surface area contributed by atoms with Crippen molar-refractivity contribution in [2.75, 3.05) is 26.8 Å². The van der Waals surface area contributed by atoms with Crippen molar-refractivity contribution in [3.63, 3.8) is 0 Å². The summed E-state index contributed by atoms with van der Waals surface area (Å²) in [6.07, 6.45) is -2.09. The third-order valence-electron chi connectivity index (χ3n) is 6.93. The average Bonchev–Trinajstić information content (AvgIpc) is 3.42. The molecule has 226 valence electrons. The monoisotopic (exact) mass is 611 g/mol. The predicted octanol–water partition coefficient (Wildman–Crippen LogP) is 6.92. The first-order valence-corrected chi connectivity index (χ1v) is 14.2. The van der Waals surface area contributed by atoms with Gasteiger partial charge in [0.25, 0.3) is 5.91 Å². The van der Waals surface area contributed by atoms with Gasteiger partial charge < -0.3 is 19.1 Å². The molecule has 0 saturated heterocycles. The minimum atomic E-state index is -4.44. The molecule has 43 heavy (non-hydrogen) atoms. The lowest BCUT2D eigenvalue weighted by Crippen LogP contribution is -2.43. The first kappa shape index (κ1) is 31.8. The van der Waals surface area contributed by atoms with Gasteiger partial charge in [-0.3, -0.25) is 9.59 Å². The first-order valence-electron chi connectivity index (χ1n) is 13.8. The SMILES string of the molecule is COCCCN(Cc1cccn1Cc1cccc(C(F)(F)F)c1)C(=O)CN(Cc1ccccc1)C(=O)c1ccc(Cl)cc1. The molecule has 3 aromatic carbocycles. The molecule has 0 saturated carbocycles. The van der Waals surface area contributed by atoms with Crippen LogP contribution in [0.4, 0.5) is 13.2 Å². The van der Waals surface area contributed by atoms with E-state index >= 15 is 0 Å². The van der Waals surface area contributed by atoms with Crippen LogP contribution in [0, 0.1) is 0 Å². The number of benzene rings is 3. The zero-order valence-electron chi connectivity index (χ0n) is 23.8. The van der Waals surface area contributed by atoms with E-state index in [1.165, 1.54) is 11.0 Å². The molecular formula is C33H33ClF3N3O3. The topological polar surface area (TPSA) is 54.8 Å². The molecule has 10 heteroatoms. The molecule has 1 aromatic heterocycles. The van der Waals surface area contributed by atoms with Crippen LogP contribution in [-0.2, 0) is 35.3 Å². The highest BCUT2D eigenvalue weighted by molar-refractivity contribution is 6.30. The Morgan fingerprint density at radius 3 is 2.28 bits per heavy atom. The van der Waals surface area contributed by atoms with Gasteiger partial charge in [-0.2, -0.15) is 13.2 Å². The van der Waals surface area contributed by atoms with Gasteiger partial charge in [0.1, 0.15) is 6.54 Å². The maximum absolute atomic E-state index is 13.8. The molecule has 0 unspecified atom stereocenters. The van der Waals surface area contributed by atoms with Crippen LogP contribution in [0.3, 0.4) is 0 Å². The molecule has 0 atom stereocenters. The van der Waals surface area contributed by atoms with Crippen molar-refractivity contribution in [3.05, 3.63) is 130 Å². The summed E-state index contributed by atoms with van der Waals surface area (Å²) in [5.74, 6) is -0.570. The number of carbonyl (C=O) groups excluding carboxylic acids is 2. The van der Waals surface area contributed by atoms with E-state index in [0.717, 1.165) is 23.4 Å². The Morgan fingerprint density at radius 2 is 1.58 bits per heavy atom. The zero-order valence-corrected chi connectivity index (χ0v) is 24.5. The standard InChI is InChI=1S/C33H33ClF3N3O3/c1-43-19-7-18-39(23-30-12-6-17-38(30)22-26-10-5-11-28(20-26)33(35,36)37)31(41)24-40(21-25-8-3-2-4-9-25)32(42)27-13-15-29(34)16-14-27/h2-6,8-17,20H,7,18-19,21-24H2,1H3. The highest BCUT2D eigenvalue weighted by Crippen LogP contribution is 2.30. The van der Waals surface area contributed by atoms with Gasteiger partial charge in [0.05, 0.1) is 12.1 Å². The van der Waals surface area contributed by atoms with Crippen molar-refractivity contribution < 1.29 is 27.5 Å². The lowest BCUT2D eigenvalue weighted by Gasteiger charge is -2.28. The number of hydrogen-bond acceptors (Lipinski definition) is 3. The number of methoxy groups -OCH3 is 1. The van der Waals surface area contributed by atoms with Gasteiger partial charge in [0, 0.05) is 55.8 Å². The van der Waals surface area contributed by atoms with Gasteiger partial charge in [0.2, 0.25) is 5.91 Å². The first-order chi connectivity index (χ1) is 20.6. The van der Waals surface area contributed by atoms with Crippen LogP contribution in [0.2, 0.25) is 5.02 Å². The molecule has 0 bridgehead atoms. The lowest BCUT2D eigenvalue weighted by atomic mass is 10.1. The molecule has 0 fully saturated rings. The normalized spacial score (nSPS) is 11.4. The summed E-state index contributed by atoms with van der Waals surface area (Å²) in [4.78, 5) is 30.5. The van der Waals surface area contributed by atoms with Crippen molar-refractivity contribution in [2.45, 2.75) is 32.2 Å². The maximum Gasteiger partial charge on any atom is 0.416 e. The van der Waals surface area contributed by atoms with Crippen LogP contribution in [0.5, 0.6) is 0 Å². The number of nitrogens with zero attached hydrogens (tertiary/aromatic N) is 3. The van der Waals surface area contributed by atoms with Crippen molar-refractivity contribution in [2.24, 2.45) is 0 Å². The number of hydrogen-bond donors (Lipinski definition) is 0. The fourth-order valence-corrected chi connectivity index (χ4v) is 4.84. The summed E-state index contributed by atoms with van der Waals surface area (Å²) in [7, 11) is 1.58. The minimum absolute atomic E-state index is 0.169. The molecule has 2 amide bonds. The van der Waals surface area contributed by atoms with Gasteiger partial charge in [-0.15, -0.1) is 0 Å². The van der Waals surface area contributed by atoms with E-state index in [2.05, 4.69) is 0 Å². The molecule has 4 rings (SSSR count). The fourth-order valence-electron chi connectivity index (χ4n) is 4.72. The Morgan fingerprint density at radius 1 is 0.860 bits per heavy atom. The summed E-state index contributed by atoms with van der Waals surface area (Å²) < 4.78 is 46.8. The quantitative estimate of drug-likeness (QED) is 0.154. The lowest BCUT2D eigenvalue weighted by molar-refractivity contribution is -0.137. The second-order valence-corrected chi connectivity index (χ2v) is 10.6. The van der Waals surface area contributed by atoms with Crippen molar-refractivity contribution in [1.82, 2.24) is 14.4 Å². The molecular weight excluding hydrogens is 579 g/mol. The Hall–Kier alpha value is -4.08. The minimum Gasteiger partial charge on any atom is -0.385 e. The second kappa shape index (κ2) is 14.9. The smallest absolute Gasteiger partial charge is 0.385 e. The highest BCUT2D eigenvalue weighted by Gasteiger charge is 2.30. The predicted molar refractivity (Wildman–Crippen MR) is 160 cm³/mol. The van der Waals surface area contributed by atoms with Crippen LogP contribution in [-0.4, -0.2) is 53.0 Å². The summed E-state index contributed by atoms with van der Waals surface area (Å²) in [5, 5.41) is 0.500. The highest BCUT2D eigenvalue weighted by atomic mass is 35.5. The largest absolute Gasteiger partial charge is 0.416 e. The van der Waals surface area contributed by atoms with E-state index in [4.69, 9.17) is 16.3 Å². The van der Waals surface area contributed by atoms with Crippen LogP contribution in [0.15, 0.2) is 97.2 Å². The third-order valence-corrected chi connectivity index (χ3v) is 7.19. The number of halogens is 4. The number of aromatic nitrogens is 1. The van der Waals surface area contributed by atoms with Crippen molar-refractivity contribution in [3.8, 4) is 0 Å². The van der Waals surface area contributed by atoms with E-state index < -0.39 is 11.7 Å². The van der Waals surface area contributed by atoms with E-state index in [9.17, 15) is 22.8 Å². The van der Waals surface area contributed by atoms with E-state index in [1.807, 2.05) is 41.0 Å². The second-order valence-electron chi connectivity index (χ2n) is 10.1. The molecule has 0 spiro atoms. The van der Waals surface area contributed by atoms with E-state index in [1.54, 1.807) is 54.6 Å². The van der Waals surface area contributed by atoms with Crippen molar-refractivity contribution >= 4 is 23.4 Å². The molecule has 0 aliphatic carbocycles. The summed E-state index contributed by atoms with van der Waals surface area (Å²) in [6.45, 7) is 1.29. The Balaban J connectivity index is 1.55. The van der Waals surface area contributed by atoms with Gasteiger partial charge in [0.15, 0.2) is 0 Å². The van der Waals surface area contributed by atoms with Gasteiger partial charge >= 0.3 is 6.18 Å². The van der Waals surface area contributed by atoms with Crippen molar-refractivity contribution in [1.29, 1.82) is 0 Å². The molecule has 4 aromatic rings. The van der Waals surface area contributed by atoms with Gasteiger partial charge in [-0.25, -0.2) is 0 Å². The van der Waals surface area contributed by atoms with Crippen LogP contribution < -0.4 is 0 Å². The van der Waals surface area contributed by atoms with Crippen LogP contribution >= 0.6 is 11.6 Å². The van der Waals surface area contributed by atoms with Gasteiger partial charge in [-0.1, -0.05) is 54.1 Å². The maximum atomic E-state index is 13.8. The molecule has 1 heterocycles. The molecule has 0 N–H and O–H groups in total. The molecule has 0 radical (unpaired) electrons. The number of alkyl halides is 3. The van der Waals surface area contributed by atoms with Crippen LogP contribution in [0.1, 0.15) is 39.2 Å². The Bertz CT molecular complexity index is 1490. The number of carbonyl (C=O) groups is 2. The molecule has 0 aliphatic rings. The third kappa shape index (κ3) is 9.20. The van der Waals surface area contributed by atoms with Crippen LogP contribution in [0.25, 0.3) is 0 Å². The summed E-state index contributed by atoms with van der Waals surface area (Å²) in [5.41, 5.74) is 1.82. The number of ether oxygens (including phenoxy) is 1. The zero-order chi connectivity index (χ0) is 30.8. The Labute approximate surface area is 254 Å². The Kier molecular flexibility index (Phi) is 11.0. The van der Waals surface area contributed by atoms with E-state index in [-0.39, 0.29) is 38.0 Å². The van der Waals surface area contributed by atoms with E-state index in [0.29, 0.717) is 35.7 Å². The van der Waals surface area contributed by atoms with Gasteiger partial charge in [-0.05, 0) is 66.1 Å². The fraction of sp³-hybridized carbons (Fsp3) is 0.273. The molecule has 6 nitrogen and oxygen atoms in total. The number of rotatable bonds is 13. The summed E-state index contributed by atoms with van der Waals surface area (Å²) in [6, 6.07) is 24.8. The average molecular weight is 612 g/mol. The molecule has 0 aliphatic heterocycles. The summed E-state index contributed by atoms with van der Waals surface area (Å²) >= 11 is 6.02. The number of amides is 2.